The van der Waals surface area contributed by atoms with Crippen LogP contribution >= 0.6 is 11.6 Å². The summed E-state index contributed by atoms with van der Waals surface area (Å²) in [5, 5.41) is 3.61. The zero-order chi connectivity index (χ0) is 16.5. The van der Waals surface area contributed by atoms with Gasteiger partial charge in [0.2, 0.25) is 0 Å². The molecule has 0 saturated heterocycles. The van der Waals surface area contributed by atoms with E-state index in [1.54, 1.807) is 12.1 Å². The van der Waals surface area contributed by atoms with Crippen molar-refractivity contribution in [3.63, 3.8) is 0 Å². The van der Waals surface area contributed by atoms with E-state index >= 15 is 0 Å². The lowest BCUT2D eigenvalue weighted by atomic mass is 10.2. The third-order valence-corrected chi connectivity index (χ3v) is 3.11. The van der Waals surface area contributed by atoms with E-state index in [0.717, 1.165) is 15.8 Å². The van der Waals surface area contributed by atoms with Crippen molar-refractivity contribution in [1.82, 2.24) is 19.7 Å². The minimum Gasteiger partial charge on any atom is -0.337 e. The molecule has 0 aliphatic carbocycles. The molecule has 2 aromatic rings. The Morgan fingerprint density at radius 3 is 2.64 bits per heavy atom. The number of alkyl halides is 3. The average molecular weight is 333 g/mol. The fourth-order valence-corrected chi connectivity index (χ4v) is 2.02. The number of hydrogen-bond donors (Lipinski definition) is 0. The van der Waals surface area contributed by atoms with Crippen LogP contribution < -0.4 is 0 Å². The van der Waals surface area contributed by atoms with E-state index in [2.05, 4.69) is 10.1 Å². The van der Waals surface area contributed by atoms with E-state index < -0.39 is 23.3 Å². The molecule has 1 amide bonds. The van der Waals surface area contributed by atoms with Gasteiger partial charge in [-0.05, 0) is 11.6 Å². The summed E-state index contributed by atoms with van der Waals surface area (Å²) in [6.07, 6.45) is -2.17. The fraction of sp³-hybridized carbons (Fsp3) is 0.308. The maximum Gasteiger partial charge on any atom is 0.435 e. The highest BCUT2D eigenvalue weighted by Crippen LogP contribution is 2.31. The number of carbonyl (C=O) groups excluding carboxylic acids is 1. The maximum atomic E-state index is 12.9. The summed E-state index contributed by atoms with van der Waals surface area (Å²) in [5.41, 5.74) is -1.03. The van der Waals surface area contributed by atoms with Crippen LogP contribution in [0.5, 0.6) is 0 Å². The molecule has 2 heterocycles. The van der Waals surface area contributed by atoms with Gasteiger partial charge in [0.25, 0.3) is 5.91 Å². The van der Waals surface area contributed by atoms with Gasteiger partial charge in [-0.15, -0.1) is 0 Å². The quantitative estimate of drug-likeness (QED) is 0.812. The van der Waals surface area contributed by atoms with Gasteiger partial charge in [-0.1, -0.05) is 17.7 Å². The zero-order valence-corrected chi connectivity index (χ0v) is 12.5. The van der Waals surface area contributed by atoms with Gasteiger partial charge in [0.05, 0.1) is 5.56 Å². The van der Waals surface area contributed by atoms with Crippen LogP contribution in [0.1, 0.15) is 21.6 Å². The number of nitrogens with zero attached hydrogens (tertiary/aromatic N) is 4. The van der Waals surface area contributed by atoms with E-state index in [-0.39, 0.29) is 6.54 Å². The van der Waals surface area contributed by atoms with Crippen LogP contribution in [0.3, 0.4) is 0 Å². The first-order valence-electron chi connectivity index (χ1n) is 6.15. The van der Waals surface area contributed by atoms with Gasteiger partial charge in [0, 0.05) is 33.0 Å². The predicted molar refractivity (Wildman–Crippen MR) is 73.3 cm³/mol. The molecule has 0 aliphatic rings. The second kappa shape index (κ2) is 5.96. The highest BCUT2D eigenvalue weighted by molar-refractivity contribution is 6.29. The number of aryl methyl sites for hydroxylation is 1. The molecule has 22 heavy (non-hydrogen) atoms. The van der Waals surface area contributed by atoms with Crippen molar-refractivity contribution in [1.29, 1.82) is 0 Å². The molecule has 118 valence electrons. The largest absolute Gasteiger partial charge is 0.435 e. The highest BCUT2D eigenvalue weighted by Gasteiger charge is 2.39. The lowest BCUT2D eigenvalue weighted by Gasteiger charge is -2.17. The van der Waals surface area contributed by atoms with Crippen LogP contribution in [0, 0.1) is 0 Å². The molecule has 2 rings (SSSR count). The van der Waals surface area contributed by atoms with E-state index in [1.165, 1.54) is 20.3 Å². The second-order valence-electron chi connectivity index (χ2n) is 4.71. The minimum absolute atomic E-state index is 0.106. The summed E-state index contributed by atoms with van der Waals surface area (Å²) in [4.78, 5) is 17.2. The van der Waals surface area contributed by atoms with Crippen molar-refractivity contribution in [2.24, 2.45) is 7.05 Å². The molecule has 9 heteroatoms. The molecular weight excluding hydrogens is 321 g/mol. The SMILES string of the molecule is CN(Cc1ccc(Cl)nc1)C(=O)c1cn(C)nc1C(F)(F)F. The van der Waals surface area contributed by atoms with Gasteiger partial charge in [-0.2, -0.15) is 18.3 Å². The Labute approximate surface area is 129 Å². The highest BCUT2D eigenvalue weighted by atomic mass is 35.5. The second-order valence-corrected chi connectivity index (χ2v) is 5.10. The van der Waals surface area contributed by atoms with Crippen molar-refractivity contribution < 1.29 is 18.0 Å². The van der Waals surface area contributed by atoms with E-state index in [0.29, 0.717) is 10.7 Å². The van der Waals surface area contributed by atoms with Crippen molar-refractivity contribution in [2.45, 2.75) is 12.7 Å². The number of rotatable bonds is 3. The Morgan fingerprint density at radius 2 is 2.09 bits per heavy atom. The Morgan fingerprint density at radius 1 is 1.41 bits per heavy atom. The van der Waals surface area contributed by atoms with Gasteiger partial charge < -0.3 is 4.90 Å². The van der Waals surface area contributed by atoms with Gasteiger partial charge in [0.15, 0.2) is 5.69 Å². The van der Waals surface area contributed by atoms with Crippen LogP contribution in [0.2, 0.25) is 5.15 Å². The van der Waals surface area contributed by atoms with Crippen LogP contribution in [-0.4, -0.2) is 32.6 Å². The summed E-state index contributed by atoms with van der Waals surface area (Å²) in [6.45, 7) is 0.106. The molecule has 0 N–H and O–H groups in total. The van der Waals surface area contributed by atoms with E-state index in [1.807, 2.05) is 0 Å². The molecule has 0 saturated carbocycles. The number of aromatic nitrogens is 3. The maximum absolute atomic E-state index is 12.9. The molecule has 2 aromatic heterocycles. The number of halogens is 4. The first kappa shape index (κ1) is 16.3. The van der Waals surface area contributed by atoms with Gasteiger partial charge in [-0.25, -0.2) is 4.98 Å². The molecule has 0 atom stereocenters. The predicted octanol–water partition coefficient (Wildman–Crippen LogP) is 2.76. The van der Waals surface area contributed by atoms with Gasteiger partial charge in [-0.3, -0.25) is 9.48 Å². The Balaban J connectivity index is 2.22. The van der Waals surface area contributed by atoms with Crippen LogP contribution in [0.4, 0.5) is 13.2 Å². The summed E-state index contributed by atoms with van der Waals surface area (Å²) < 4.78 is 39.6. The first-order valence-corrected chi connectivity index (χ1v) is 6.53. The molecule has 0 aromatic carbocycles. The summed E-state index contributed by atoms with van der Waals surface area (Å²) in [5.74, 6) is -0.768. The smallest absolute Gasteiger partial charge is 0.337 e. The van der Waals surface area contributed by atoms with E-state index in [4.69, 9.17) is 11.6 Å². The molecular formula is C13H12ClF3N4O. The number of amides is 1. The molecule has 0 spiro atoms. The molecule has 0 aliphatic heterocycles. The lowest BCUT2D eigenvalue weighted by Crippen LogP contribution is -2.28. The Kier molecular flexibility index (Phi) is 4.41. The minimum atomic E-state index is -4.69. The number of pyridine rings is 1. The third kappa shape index (κ3) is 3.56. The Hall–Kier alpha value is -2.09. The summed E-state index contributed by atoms with van der Waals surface area (Å²) in [6, 6.07) is 3.19. The first-order chi connectivity index (χ1) is 10.2. The van der Waals surface area contributed by atoms with Crippen LogP contribution in [0.15, 0.2) is 24.5 Å². The van der Waals surface area contributed by atoms with Gasteiger partial charge >= 0.3 is 6.18 Å². The third-order valence-electron chi connectivity index (χ3n) is 2.88. The molecule has 0 fully saturated rings. The van der Waals surface area contributed by atoms with Crippen molar-refractivity contribution >= 4 is 17.5 Å². The summed E-state index contributed by atoms with van der Waals surface area (Å²) >= 11 is 5.65. The van der Waals surface area contributed by atoms with Crippen molar-refractivity contribution in [3.8, 4) is 0 Å². The summed E-state index contributed by atoms with van der Waals surface area (Å²) in [7, 11) is 2.74. The molecule has 5 nitrogen and oxygen atoms in total. The molecule has 0 radical (unpaired) electrons. The zero-order valence-electron chi connectivity index (χ0n) is 11.7. The lowest BCUT2D eigenvalue weighted by molar-refractivity contribution is -0.141. The van der Waals surface area contributed by atoms with E-state index in [9.17, 15) is 18.0 Å². The molecule has 0 unspecified atom stereocenters. The monoisotopic (exact) mass is 332 g/mol. The standard InChI is InChI=1S/C13H12ClF3N4O/c1-20(6-8-3-4-10(14)18-5-8)12(22)9-7-21(2)19-11(9)13(15,16)17/h3-5,7H,6H2,1-2H3. The topological polar surface area (TPSA) is 51.0 Å². The average Bonchev–Trinajstić information content (AvgIpc) is 2.82. The van der Waals surface area contributed by atoms with Crippen molar-refractivity contribution in [3.05, 3.63) is 46.5 Å². The normalized spacial score (nSPS) is 11.5. The van der Waals surface area contributed by atoms with Gasteiger partial charge in [0.1, 0.15) is 5.15 Å². The fourth-order valence-electron chi connectivity index (χ4n) is 1.91. The molecule has 0 bridgehead atoms. The number of carbonyl (C=O) groups is 1. The van der Waals surface area contributed by atoms with Crippen molar-refractivity contribution in [2.75, 3.05) is 7.05 Å². The van der Waals surface area contributed by atoms with Crippen LogP contribution in [-0.2, 0) is 19.8 Å². The Bertz CT molecular complexity index is 682. The van der Waals surface area contributed by atoms with Crippen LogP contribution in [0.25, 0.3) is 0 Å². The number of hydrogen-bond acceptors (Lipinski definition) is 3.